The van der Waals surface area contributed by atoms with E-state index in [0.717, 1.165) is 24.8 Å². The molecule has 0 spiro atoms. The van der Waals surface area contributed by atoms with Gasteiger partial charge in [-0.25, -0.2) is 8.42 Å². The van der Waals surface area contributed by atoms with Crippen molar-refractivity contribution in [1.29, 1.82) is 0 Å². The lowest BCUT2D eigenvalue weighted by Gasteiger charge is -2.20. The predicted octanol–water partition coefficient (Wildman–Crippen LogP) is 2.31. The van der Waals surface area contributed by atoms with Crippen LogP contribution in [0.15, 0.2) is 29.2 Å². The van der Waals surface area contributed by atoms with E-state index in [-0.39, 0.29) is 23.9 Å². The van der Waals surface area contributed by atoms with E-state index < -0.39 is 10.0 Å². The van der Waals surface area contributed by atoms with Crippen molar-refractivity contribution in [3.63, 3.8) is 0 Å². The first-order valence-electron chi connectivity index (χ1n) is 7.75. The van der Waals surface area contributed by atoms with Gasteiger partial charge in [-0.15, -0.1) is 0 Å². The topological polar surface area (TPSA) is 66.5 Å². The molecule has 1 N–H and O–H groups in total. The lowest BCUT2D eigenvalue weighted by Crippen LogP contribution is -2.40. The lowest BCUT2D eigenvalue weighted by molar-refractivity contribution is -0.121. The van der Waals surface area contributed by atoms with E-state index in [1.54, 1.807) is 31.2 Å². The van der Waals surface area contributed by atoms with Crippen molar-refractivity contribution >= 4 is 15.9 Å². The molecule has 1 aromatic rings. The second-order valence-electron chi connectivity index (χ2n) is 5.30. The SMILES string of the molecule is CCCCCNC(=O)CN(CC)S(=O)(=O)c1ccc(C)cc1. The molecule has 0 bridgehead atoms. The summed E-state index contributed by atoms with van der Waals surface area (Å²) < 4.78 is 26.3. The maximum Gasteiger partial charge on any atom is 0.243 e. The first-order valence-corrected chi connectivity index (χ1v) is 9.19. The number of nitrogens with one attached hydrogen (secondary N) is 1. The standard InChI is InChI=1S/C16H26N2O3S/c1-4-6-7-12-17-16(19)13-18(5-2)22(20,21)15-10-8-14(3)9-11-15/h8-11H,4-7,12-13H2,1-3H3,(H,17,19). The molecule has 124 valence electrons. The predicted molar refractivity (Wildman–Crippen MR) is 88.1 cm³/mol. The fourth-order valence-electron chi connectivity index (χ4n) is 2.04. The molecule has 0 aliphatic rings. The third-order valence-corrected chi connectivity index (χ3v) is 5.37. The molecule has 0 unspecified atom stereocenters. The lowest BCUT2D eigenvalue weighted by atomic mass is 10.2. The van der Waals surface area contributed by atoms with E-state index in [1.165, 1.54) is 4.31 Å². The summed E-state index contributed by atoms with van der Waals surface area (Å²) in [6, 6.07) is 6.66. The molecule has 0 aliphatic heterocycles. The number of nitrogens with zero attached hydrogens (tertiary/aromatic N) is 1. The Morgan fingerprint density at radius 1 is 1.14 bits per heavy atom. The van der Waals surface area contributed by atoms with Gasteiger partial charge >= 0.3 is 0 Å². The summed E-state index contributed by atoms with van der Waals surface area (Å²) in [6.07, 6.45) is 3.05. The van der Waals surface area contributed by atoms with E-state index in [4.69, 9.17) is 0 Å². The Labute approximate surface area is 133 Å². The molecule has 0 radical (unpaired) electrons. The molecule has 1 amide bonds. The van der Waals surface area contributed by atoms with Crippen molar-refractivity contribution in [2.75, 3.05) is 19.6 Å². The average molecular weight is 326 g/mol. The molecule has 22 heavy (non-hydrogen) atoms. The zero-order valence-electron chi connectivity index (χ0n) is 13.6. The second-order valence-corrected chi connectivity index (χ2v) is 7.24. The van der Waals surface area contributed by atoms with Gasteiger partial charge < -0.3 is 5.32 Å². The molecule has 1 aromatic carbocycles. The smallest absolute Gasteiger partial charge is 0.243 e. The Kier molecular flexibility index (Phi) is 7.55. The highest BCUT2D eigenvalue weighted by Gasteiger charge is 2.24. The fraction of sp³-hybridized carbons (Fsp3) is 0.562. The van der Waals surface area contributed by atoms with E-state index in [2.05, 4.69) is 12.2 Å². The first kappa shape index (κ1) is 18.6. The van der Waals surface area contributed by atoms with Crippen LogP contribution in [0.1, 0.15) is 38.7 Å². The van der Waals surface area contributed by atoms with Crippen LogP contribution in [-0.2, 0) is 14.8 Å². The van der Waals surface area contributed by atoms with Gasteiger partial charge in [-0.05, 0) is 25.5 Å². The number of benzene rings is 1. The van der Waals surface area contributed by atoms with Gasteiger partial charge in [-0.1, -0.05) is 44.4 Å². The van der Waals surface area contributed by atoms with E-state index in [0.29, 0.717) is 6.54 Å². The highest BCUT2D eigenvalue weighted by molar-refractivity contribution is 7.89. The number of sulfonamides is 1. The Morgan fingerprint density at radius 2 is 1.77 bits per heavy atom. The quantitative estimate of drug-likeness (QED) is 0.708. The van der Waals surface area contributed by atoms with Gasteiger partial charge in [0.2, 0.25) is 15.9 Å². The third kappa shape index (κ3) is 5.42. The minimum Gasteiger partial charge on any atom is -0.355 e. The van der Waals surface area contributed by atoms with E-state index in [9.17, 15) is 13.2 Å². The van der Waals surface area contributed by atoms with Gasteiger partial charge in [0, 0.05) is 13.1 Å². The van der Waals surface area contributed by atoms with E-state index >= 15 is 0 Å². The largest absolute Gasteiger partial charge is 0.355 e. The van der Waals surface area contributed by atoms with Crippen LogP contribution >= 0.6 is 0 Å². The molecule has 6 heteroatoms. The molecule has 0 aromatic heterocycles. The minimum atomic E-state index is -3.63. The number of rotatable bonds is 9. The summed E-state index contributed by atoms with van der Waals surface area (Å²) >= 11 is 0. The molecule has 0 fully saturated rings. The van der Waals surface area contributed by atoms with Crippen molar-refractivity contribution in [2.24, 2.45) is 0 Å². The van der Waals surface area contributed by atoms with Gasteiger partial charge in [0.1, 0.15) is 0 Å². The molecular formula is C16H26N2O3S. The molecule has 0 atom stereocenters. The summed E-state index contributed by atoms with van der Waals surface area (Å²) in [5.41, 5.74) is 0.996. The number of aryl methyl sites for hydroxylation is 1. The van der Waals surface area contributed by atoms with Crippen molar-refractivity contribution in [3.8, 4) is 0 Å². The maximum atomic E-state index is 12.5. The zero-order chi connectivity index (χ0) is 16.6. The first-order chi connectivity index (χ1) is 10.4. The van der Waals surface area contributed by atoms with Crippen LogP contribution in [-0.4, -0.2) is 38.3 Å². The second kappa shape index (κ2) is 8.90. The van der Waals surface area contributed by atoms with Crippen LogP contribution in [0.4, 0.5) is 0 Å². The summed E-state index contributed by atoms with van der Waals surface area (Å²) in [7, 11) is -3.63. The number of amides is 1. The fourth-order valence-corrected chi connectivity index (χ4v) is 3.45. The number of hydrogen-bond acceptors (Lipinski definition) is 3. The Hall–Kier alpha value is -1.40. The number of unbranched alkanes of at least 4 members (excludes halogenated alkanes) is 2. The van der Waals surface area contributed by atoms with Crippen LogP contribution in [0.5, 0.6) is 0 Å². The Bertz CT molecular complexity index is 568. The van der Waals surface area contributed by atoms with Crippen molar-refractivity contribution in [1.82, 2.24) is 9.62 Å². The number of carbonyl (C=O) groups excluding carboxylic acids is 1. The van der Waals surface area contributed by atoms with Crippen LogP contribution in [0.3, 0.4) is 0 Å². The number of hydrogen-bond donors (Lipinski definition) is 1. The third-order valence-electron chi connectivity index (χ3n) is 3.43. The van der Waals surface area contributed by atoms with Gasteiger partial charge in [-0.2, -0.15) is 4.31 Å². The molecule has 0 saturated carbocycles. The number of carbonyl (C=O) groups is 1. The van der Waals surface area contributed by atoms with Gasteiger partial charge in [0.15, 0.2) is 0 Å². The van der Waals surface area contributed by atoms with Crippen molar-refractivity contribution in [3.05, 3.63) is 29.8 Å². The monoisotopic (exact) mass is 326 g/mol. The van der Waals surface area contributed by atoms with E-state index in [1.807, 2.05) is 6.92 Å². The summed E-state index contributed by atoms with van der Waals surface area (Å²) in [4.78, 5) is 12.1. The maximum absolute atomic E-state index is 12.5. The molecule has 1 rings (SSSR count). The average Bonchev–Trinajstić information content (AvgIpc) is 2.49. The normalized spacial score (nSPS) is 11.6. The molecule has 0 aliphatic carbocycles. The van der Waals surface area contributed by atoms with Crippen LogP contribution in [0, 0.1) is 6.92 Å². The summed E-state index contributed by atoms with van der Waals surface area (Å²) in [6.45, 7) is 6.44. The highest BCUT2D eigenvalue weighted by atomic mass is 32.2. The van der Waals surface area contributed by atoms with Crippen molar-refractivity contribution < 1.29 is 13.2 Å². The molecular weight excluding hydrogens is 300 g/mol. The molecule has 0 saturated heterocycles. The minimum absolute atomic E-state index is 0.140. The van der Waals surface area contributed by atoms with Crippen LogP contribution in [0.25, 0.3) is 0 Å². The Morgan fingerprint density at radius 3 is 2.32 bits per heavy atom. The summed E-state index contributed by atoms with van der Waals surface area (Å²) in [5, 5.41) is 2.77. The Balaban J connectivity index is 2.69. The van der Waals surface area contributed by atoms with Gasteiger partial charge in [0.25, 0.3) is 0 Å². The molecule has 0 heterocycles. The van der Waals surface area contributed by atoms with Crippen molar-refractivity contribution in [2.45, 2.75) is 44.9 Å². The molecule has 5 nitrogen and oxygen atoms in total. The van der Waals surface area contributed by atoms with Crippen LogP contribution in [0.2, 0.25) is 0 Å². The number of likely N-dealkylation sites (N-methyl/N-ethyl adjacent to an activating group) is 1. The van der Waals surface area contributed by atoms with Gasteiger partial charge in [-0.3, -0.25) is 4.79 Å². The summed E-state index contributed by atoms with van der Waals surface area (Å²) in [5.74, 6) is -0.256. The highest BCUT2D eigenvalue weighted by Crippen LogP contribution is 2.15. The zero-order valence-corrected chi connectivity index (χ0v) is 14.4. The van der Waals surface area contributed by atoms with Gasteiger partial charge in [0.05, 0.1) is 11.4 Å². The van der Waals surface area contributed by atoms with Crippen LogP contribution < -0.4 is 5.32 Å².